The van der Waals surface area contributed by atoms with Crippen LogP contribution in [0.4, 0.5) is 18.9 Å². The maximum Gasteiger partial charge on any atom is 0.418 e. The van der Waals surface area contributed by atoms with Crippen molar-refractivity contribution in [3.05, 3.63) is 33.8 Å². The average Bonchev–Trinajstić information content (AvgIpc) is 2.14. The molecule has 1 aromatic carbocycles. The second-order valence-electron chi connectivity index (χ2n) is 3.09. The molecule has 0 amide bonds. The minimum atomic E-state index is -4.57. The fourth-order valence-electron chi connectivity index (χ4n) is 1.18. The SMILES string of the molecule is Nc1c(C(F)(F)F)ccc(Br)c1/C=C/C(=O)O. The quantitative estimate of drug-likeness (QED) is 0.651. The minimum Gasteiger partial charge on any atom is -0.478 e. The molecular weight excluding hydrogens is 303 g/mol. The Morgan fingerprint density at radius 2 is 2.00 bits per heavy atom. The zero-order valence-corrected chi connectivity index (χ0v) is 9.84. The van der Waals surface area contributed by atoms with Crippen LogP contribution in [0.15, 0.2) is 22.7 Å². The number of rotatable bonds is 2. The lowest BCUT2D eigenvalue weighted by atomic mass is 10.1. The van der Waals surface area contributed by atoms with Crippen LogP contribution >= 0.6 is 15.9 Å². The Hall–Kier alpha value is -1.50. The molecule has 92 valence electrons. The van der Waals surface area contributed by atoms with Gasteiger partial charge in [0, 0.05) is 16.1 Å². The highest BCUT2D eigenvalue weighted by atomic mass is 79.9. The van der Waals surface area contributed by atoms with Crippen LogP contribution in [0.5, 0.6) is 0 Å². The molecular formula is C10H7BrF3NO2. The van der Waals surface area contributed by atoms with Crippen molar-refractivity contribution >= 4 is 33.7 Å². The minimum absolute atomic E-state index is 0.0118. The van der Waals surface area contributed by atoms with Gasteiger partial charge in [-0.2, -0.15) is 13.2 Å². The average molecular weight is 310 g/mol. The van der Waals surface area contributed by atoms with E-state index in [-0.39, 0.29) is 5.56 Å². The molecule has 1 aromatic rings. The van der Waals surface area contributed by atoms with Crippen LogP contribution in [0.1, 0.15) is 11.1 Å². The van der Waals surface area contributed by atoms with E-state index in [9.17, 15) is 18.0 Å². The smallest absolute Gasteiger partial charge is 0.418 e. The number of hydrogen-bond acceptors (Lipinski definition) is 2. The second-order valence-corrected chi connectivity index (χ2v) is 3.95. The molecule has 0 aliphatic rings. The highest BCUT2D eigenvalue weighted by Crippen LogP contribution is 2.38. The Labute approximate surface area is 103 Å². The van der Waals surface area contributed by atoms with Gasteiger partial charge in [-0.25, -0.2) is 4.79 Å². The summed E-state index contributed by atoms with van der Waals surface area (Å²) in [5.41, 5.74) is 3.85. The molecule has 0 unspecified atom stereocenters. The van der Waals surface area contributed by atoms with Gasteiger partial charge in [0.2, 0.25) is 0 Å². The fourth-order valence-corrected chi connectivity index (χ4v) is 1.66. The van der Waals surface area contributed by atoms with Gasteiger partial charge < -0.3 is 10.8 Å². The van der Waals surface area contributed by atoms with Gasteiger partial charge in [-0.1, -0.05) is 15.9 Å². The summed E-state index contributed by atoms with van der Waals surface area (Å²) in [6, 6.07) is 2.00. The molecule has 0 fully saturated rings. The summed E-state index contributed by atoms with van der Waals surface area (Å²) < 4.78 is 37.9. The second kappa shape index (κ2) is 4.79. The first-order chi connectivity index (χ1) is 7.73. The molecule has 7 heteroatoms. The van der Waals surface area contributed by atoms with E-state index >= 15 is 0 Å². The largest absolute Gasteiger partial charge is 0.478 e. The fraction of sp³-hybridized carbons (Fsp3) is 0.100. The van der Waals surface area contributed by atoms with Crippen molar-refractivity contribution in [2.75, 3.05) is 5.73 Å². The van der Waals surface area contributed by atoms with Crippen molar-refractivity contribution in [2.45, 2.75) is 6.18 Å². The van der Waals surface area contributed by atoms with Crippen LogP contribution in [0.25, 0.3) is 6.08 Å². The molecule has 0 radical (unpaired) electrons. The van der Waals surface area contributed by atoms with E-state index in [1.165, 1.54) is 6.07 Å². The Bertz CT molecular complexity index is 483. The summed E-state index contributed by atoms with van der Waals surface area (Å²) in [5.74, 6) is -1.27. The van der Waals surface area contributed by atoms with E-state index in [1.807, 2.05) is 0 Å². The molecule has 0 atom stereocenters. The number of carboxylic acid groups (broad SMARTS) is 1. The van der Waals surface area contributed by atoms with Crippen molar-refractivity contribution in [1.29, 1.82) is 0 Å². The Balaban J connectivity index is 3.35. The van der Waals surface area contributed by atoms with Crippen LogP contribution < -0.4 is 5.73 Å². The topological polar surface area (TPSA) is 63.3 Å². The molecule has 1 rings (SSSR count). The summed E-state index contributed by atoms with van der Waals surface area (Å²) in [4.78, 5) is 10.3. The number of nitrogen functional groups attached to an aromatic ring is 1. The van der Waals surface area contributed by atoms with Crippen molar-refractivity contribution in [3.8, 4) is 0 Å². The van der Waals surface area contributed by atoms with Crippen LogP contribution in [-0.4, -0.2) is 11.1 Å². The number of carbonyl (C=O) groups is 1. The molecule has 0 heterocycles. The van der Waals surface area contributed by atoms with Crippen molar-refractivity contribution in [3.63, 3.8) is 0 Å². The van der Waals surface area contributed by atoms with E-state index in [4.69, 9.17) is 10.8 Å². The molecule has 0 aromatic heterocycles. The number of hydrogen-bond donors (Lipinski definition) is 2. The third kappa shape index (κ3) is 3.23. The van der Waals surface area contributed by atoms with Gasteiger partial charge >= 0.3 is 12.1 Å². The molecule has 3 N–H and O–H groups in total. The van der Waals surface area contributed by atoms with Gasteiger partial charge in [-0.05, 0) is 18.2 Å². The Morgan fingerprint density at radius 1 is 1.41 bits per heavy atom. The molecule has 0 spiro atoms. The third-order valence-electron chi connectivity index (χ3n) is 1.93. The maximum absolute atomic E-state index is 12.5. The normalized spacial score (nSPS) is 12.0. The number of halogens is 4. The van der Waals surface area contributed by atoms with E-state index in [0.29, 0.717) is 4.47 Å². The monoisotopic (exact) mass is 309 g/mol. The standard InChI is InChI=1S/C10H7BrF3NO2/c11-7-3-2-6(10(12,13)14)9(15)5(7)1-4-8(16)17/h1-4H,15H2,(H,16,17)/b4-1+. The van der Waals surface area contributed by atoms with Gasteiger partial charge in [0.05, 0.1) is 11.3 Å². The Morgan fingerprint density at radius 3 is 2.47 bits per heavy atom. The number of nitrogens with two attached hydrogens (primary N) is 1. The number of anilines is 1. The lowest BCUT2D eigenvalue weighted by Gasteiger charge is -2.13. The van der Waals surface area contributed by atoms with Crippen LogP contribution in [-0.2, 0) is 11.0 Å². The molecule has 0 saturated heterocycles. The zero-order valence-electron chi connectivity index (χ0n) is 8.25. The maximum atomic E-state index is 12.5. The molecule has 17 heavy (non-hydrogen) atoms. The van der Waals surface area contributed by atoms with E-state index < -0.39 is 23.4 Å². The first-order valence-corrected chi connectivity index (χ1v) is 5.09. The molecule has 0 aliphatic carbocycles. The van der Waals surface area contributed by atoms with Gasteiger partial charge in [-0.3, -0.25) is 0 Å². The van der Waals surface area contributed by atoms with Crippen molar-refractivity contribution in [1.82, 2.24) is 0 Å². The summed E-state index contributed by atoms with van der Waals surface area (Å²) in [6.07, 6.45) is -2.84. The Kier molecular flexibility index (Phi) is 3.82. The van der Waals surface area contributed by atoms with Crippen molar-refractivity contribution in [2.24, 2.45) is 0 Å². The summed E-state index contributed by atoms with van der Waals surface area (Å²) in [7, 11) is 0. The van der Waals surface area contributed by atoms with Crippen molar-refractivity contribution < 1.29 is 23.1 Å². The first-order valence-electron chi connectivity index (χ1n) is 4.29. The number of aliphatic carboxylic acids is 1. The lowest BCUT2D eigenvalue weighted by Crippen LogP contribution is -2.10. The zero-order chi connectivity index (χ0) is 13.2. The van der Waals surface area contributed by atoms with Crippen LogP contribution in [0, 0.1) is 0 Å². The first kappa shape index (κ1) is 13.6. The molecule has 0 bridgehead atoms. The molecule has 3 nitrogen and oxygen atoms in total. The highest BCUT2D eigenvalue weighted by Gasteiger charge is 2.33. The number of benzene rings is 1. The highest BCUT2D eigenvalue weighted by molar-refractivity contribution is 9.10. The molecule has 0 aliphatic heterocycles. The summed E-state index contributed by atoms with van der Waals surface area (Å²) >= 11 is 3.01. The third-order valence-corrected chi connectivity index (χ3v) is 2.62. The summed E-state index contributed by atoms with van der Waals surface area (Å²) in [5, 5.41) is 8.42. The van der Waals surface area contributed by atoms with Gasteiger partial charge in [0.15, 0.2) is 0 Å². The predicted molar refractivity (Wildman–Crippen MR) is 60.2 cm³/mol. The number of alkyl halides is 3. The van der Waals surface area contributed by atoms with E-state index in [1.54, 1.807) is 0 Å². The lowest BCUT2D eigenvalue weighted by molar-refractivity contribution is -0.137. The van der Waals surface area contributed by atoms with Gasteiger partial charge in [-0.15, -0.1) is 0 Å². The molecule has 0 saturated carbocycles. The van der Waals surface area contributed by atoms with Crippen LogP contribution in [0.2, 0.25) is 0 Å². The van der Waals surface area contributed by atoms with Gasteiger partial charge in [0.25, 0.3) is 0 Å². The summed E-state index contributed by atoms with van der Waals surface area (Å²) in [6.45, 7) is 0. The number of carboxylic acids is 1. The van der Waals surface area contributed by atoms with E-state index in [0.717, 1.165) is 18.2 Å². The van der Waals surface area contributed by atoms with Gasteiger partial charge in [0.1, 0.15) is 0 Å². The van der Waals surface area contributed by atoms with Crippen LogP contribution in [0.3, 0.4) is 0 Å². The van der Waals surface area contributed by atoms with E-state index in [2.05, 4.69) is 15.9 Å². The predicted octanol–water partition coefficient (Wildman–Crippen LogP) is 3.15.